The number of carbonyl (C=O) groups excluding carboxylic acids is 1. The maximum Gasteiger partial charge on any atom is 0.525 e. The van der Waals surface area contributed by atoms with E-state index < -0.39 is 118 Å². The van der Waals surface area contributed by atoms with Gasteiger partial charge in [0.05, 0.1) is 50.2 Å². The first-order valence-electron chi connectivity index (χ1n) is 18.3. The van der Waals surface area contributed by atoms with Gasteiger partial charge in [-0.3, -0.25) is 14.6 Å². The molecule has 0 radical (unpaired) electrons. The lowest BCUT2D eigenvalue weighted by Crippen LogP contribution is -2.63. The van der Waals surface area contributed by atoms with Gasteiger partial charge in [0.25, 0.3) is 0 Å². The van der Waals surface area contributed by atoms with E-state index in [0.29, 0.717) is 0 Å². The monoisotopic (exact) mass is 677 g/mol. The molecule has 1 aliphatic carbocycles. The van der Waals surface area contributed by atoms with E-state index in [4.69, 9.17) is 53.6 Å². The van der Waals surface area contributed by atoms with Gasteiger partial charge in [-0.2, -0.15) is 0 Å². The zero-order chi connectivity index (χ0) is 40.2. The largest absolute Gasteiger partial charge is 0.525 e. The summed E-state index contributed by atoms with van der Waals surface area (Å²) in [5, 5.41) is 22.2. The second-order valence-electron chi connectivity index (χ2n) is 10.9. The Morgan fingerprint density at radius 1 is 1.00 bits per heavy atom. The Bertz CT molecular complexity index is 1870. The lowest BCUT2D eigenvalue weighted by Gasteiger charge is -2.47. The maximum atomic E-state index is 13.9. The molecule has 3 fully saturated rings. The lowest BCUT2D eigenvalue weighted by atomic mass is 9.66. The molecular weight excluding hydrogens is 635 g/mol. The molecule has 0 spiro atoms. The van der Waals surface area contributed by atoms with Crippen LogP contribution >= 0.6 is 7.82 Å². The highest BCUT2D eigenvalue weighted by molar-refractivity contribution is 7.46. The number of hydrogen-bond donors (Lipinski definition) is 4. The Morgan fingerprint density at radius 2 is 1.70 bits per heavy atom. The zero-order valence-corrected chi connectivity index (χ0v) is 24.4. The number of rotatable bonds is 7. The van der Waals surface area contributed by atoms with Crippen LogP contribution in [0.2, 0.25) is 0 Å². The second-order valence-corrected chi connectivity index (χ2v) is 12.1. The molecule has 7 rings (SSSR count). The van der Waals surface area contributed by atoms with E-state index >= 15 is 0 Å². The third-order valence-electron chi connectivity index (χ3n) is 8.21. The third-order valence-corrected chi connectivity index (χ3v) is 8.63. The van der Waals surface area contributed by atoms with Crippen molar-refractivity contribution in [2.75, 3.05) is 34.0 Å². The van der Waals surface area contributed by atoms with Crippen molar-refractivity contribution in [3.05, 3.63) is 41.0 Å². The van der Waals surface area contributed by atoms with Crippen LogP contribution in [-0.4, -0.2) is 97.0 Å². The van der Waals surface area contributed by atoms with Crippen LogP contribution in [0.1, 0.15) is 47.9 Å². The van der Waals surface area contributed by atoms with Crippen LogP contribution in [0, 0.1) is 11.8 Å². The number of phosphoric ester groups is 1. The summed E-state index contributed by atoms with van der Waals surface area (Å²) in [5.41, 5.74) is -0.847. The number of cyclic esters (lactones) is 1. The zero-order valence-electron chi connectivity index (χ0n) is 32.6. The lowest BCUT2D eigenvalue weighted by molar-refractivity contribution is -0.364. The molecule has 0 unspecified atom stereocenters. The first-order chi connectivity index (χ1) is 25.4. The minimum atomic E-state index is -5.60. The minimum absolute atomic E-state index is 0.0131. The number of benzene rings is 2. The molecule has 2 aromatic rings. The highest BCUT2D eigenvalue weighted by atomic mass is 31.2. The molecular formula is C29H33O16P. The van der Waals surface area contributed by atoms with Crippen LogP contribution in [-0.2, 0) is 33.0 Å². The fourth-order valence-electron chi connectivity index (χ4n) is 6.27. The molecule has 0 aromatic heterocycles. The number of methoxy groups -OCH3 is 2. The molecule has 0 saturated carbocycles. The molecule has 2 aromatic carbocycles. The number of hydrogen-bond acceptors (Lipinski definition) is 14. The molecule has 16 nitrogen and oxygen atoms in total. The van der Waals surface area contributed by atoms with Crippen LogP contribution in [0.25, 0.3) is 0 Å². The molecule has 4 N–H and O–H groups in total. The molecule has 5 aliphatic rings. The number of phosphoric acid groups is 1. The van der Waals surface area contributed by atoms with Crippen molar-refractivity contribution < 1.29 is 88.9 Å². The Labute approximate surface area is 274 Å². The van der Waals surface area contributed by atoms with Gasteiger partial charge < -0.3 is 57.4 Å². The van der Waals surface area contributed by atoms with Gasteiger partial charge >= 0.3 is 13.8 Å². The smallest absolute Gasteiger partial charge is 0.493 e. The van der Waals surface area contributed by atoms with Crippen molar-refractivity contribution in [1.29, 1.82) is 0 Å². The number of aliphatic hydroxyl groups is 2. The Morgan fingerprint density at radius 3 is 2.37 bits per heavy atom. The summed E-state index contributed by atoms with van der Waals surface area (Å²) in [5.74, 6) is -11.0. The van der Waals surface area contributed by atoms with Gasteiger partial charge in [0.15, 0.2) is 35.6 Å². The molecule has 4 aliphatic heterocycles. The molecule has 4 heterocycles. The summed E-state index contributed by atoms with van der Waals surface area (Å²) >= 11 is 0. The van der Waals surface area contributed by atoms with E-state index in [0.717, 1.165) is 12.1 Å². The second kappa shape index (κ2) is 11.8. The normalized spacial score (nSPS) is 40.8. The summed E-state index contributed by atoms with van der Waals surface area (Å²) in [6.07, 6.45) is -9.56. The number of carbonyl (C=O) groups is 1. The van der Waals surface area contributed by atoms with Crippen LogP contribution in [0.5, 0.6) is 28.7 Å². The van der Waals surface area contributed by atoms with Gasteiger partial charge in [0.2, 0.25) is 12.5 Å². The Kier molecular flexibility index (Phi) is 5.75. The fourth-order valence-corrected chi connectivity index (χ4v) is 6.68. The van der Waals surface area contributed by atoms with Crippen LogP contribution in [0.3, 0.4) is 0 Å². The fraction of sp³-hybridized carbons (Fsp3) is 0.552. The highest BCUT2D eigenvalue weighted by Gasteiger charge is 2.56. The quantitative estimate of drug-likeness (QED) is 0.239. The van der Waals surface area contributed by atoms with Gasteiger partial charge in [-0.25, -0.2) is 4.57 Å². The van der Waals surface area contributed by atoms with E-state index in [1.807, 2.05) is 0 Å². The Balaban J connectivity index is 1.44. The molecule has 46 heavy (non-hydrogen) atoms. The third kappa shape index (κ3) is 5.37. The van der Waals surface area contributed by atoms with Crippen molar-refractivity contribution in [2.45, 2.75) is 55.9 Å². The summed E-state index contributed by atoms with van der Waals surface area (Å²) in [6.45, 7) is -1.80. The molecule has 10 atom stereocenters. The van der Waals surface area contributed by atoms with E-state index in [1.165, 1.54) is 12.1 Å². The van der Waals surface area contributed by atoms with Gasteiger partial charge in [0.1, 0.15) is 24.4 Å². The van der Waals surface area contributed by atoms with Gasteiger partial charge in [0, 0.05) is 13.2 Å². The summed E-state index contributed by atoms with van der Waals surface area (Å²) in [7, 11) is -12.4. The number of aliphatic hydroxyl groups excluding tert-OH is 2. The van der Waals surface area contributed by atoms with Crippen LogP contribution in [0.15, 0.2) is 24.3 Å². The topological polar surface area (TPSA) is 207 Å². The minimum Gasteiger partial charge on any atom is -0.493 e. The molecule has 0 amide bonds. The predicted molar refractivity (Wildman–Crippen MR) is 149 cm³/mol. The van der Waals surface area contributed by atoms with Gasteiger partial charge in [-0.05, 0) is 47.9 Å². The van der Waals surface area contributed by atoms with Crippen molar-refractivity contribution in [2.24, 2.45) is 11.8 Å². The average Bonchev–Trinajstić information content (AvgIpc) is 3.60. The van der Waals surface area contributed by atoms with Crippen molar-refractivity contribution >= 4 is 13.8 Å². The Hall–Kier alpha value is -3.18. The van der Waals surface area contributed by atoms with E-state index in [2.05, 4.69) is 4.52 Å². The first kappa shape index (κ1) is 22.4. The van der Waals surface area contributed by atoms with Gasteiger partial charge in [-0.1, -0.05) is 0 Å². The van der Waals surface area contributed by atoms with E-state index in [-0.39, 0.29) is 36.0 Å². The van der Waals surface area contributed by atoms with E-state index in [9.17, 15) is 30.7 Å². The highest BCUT2D eigenvalue weighted by Crippen LogP contribution is 2.57. The number of fused-ring (bicyclic) bond motifs is 4. The van der Waals surface area contributed by atoms with Crippen LogP contribution < -0.4 is 23.5 Å². The van der Waals surface area contributed by atoms with Crippen LogP contribution in [0.4, 0.5) is 0 Å². The molecule has 0 bridgehead atoms. The summed E-state index contributed by atoms with van der Waals surface area (Å²) < 4.78 is 140. The van der Waals surface area contributed by atoms with E-state index in [1.54, 1.807) is 6.92 Å². The molecule has 17 heteroatoms. The van der Waals surface area contributed by atoms with Crippen molar-refractivity contribution in [3.8, 4) is 28.7 Å². The van der Waals surface area contributed by atoms with Gasteiger partial charge in [-0.15, -0.1) is 0 Å². The average molecular weight is 678 g/mol. The number of ether oxygens (including phenoxy) is 9. The SMILES string of the molecule is [2H]C([2H])([2H])Oc1cc([C@]2([2H])c3cc4c(cc3[C@@H](O[C@@H]3O[C@@H]5CO[C@@H](C)O[C@H]5[C@H](O)[C@H]3O)[C@@H]3[C@@H]2C(=O)OC3([2H])[2H])OCO4)cc(OC([2H])([2H])[2H])c1OP(=O)(O)O. The molecule has 250 valence electrons. The van der Waals surface area contributed by atoms with Crippen molar-refractivity contribution in [3.63, 3.8) is 0 Å². The predicted octanol–water partition coefficient (Wildman–Crippen LogP) is 1.10. The standard InChI is InChI=1S/C29H33O16P/c1-11-38-9-20-27(42-11)23(30)24(31)29(43-20)44-25-14-7-17-16(40-10-41-17)6-13(14)21(22-15(25)8-39-28(22)32)12-4-18(36-2)26(19(5-12)37-3)45-46(33,34)35/h4-7,11,15,20-25,27,29-31H,8-10H2,1-3H3,(H2,33,34,35)/t11-,15+,20-,21-,22+,23-,24-,25-,27-,29+/m1/s1/i2D3,3D3,8D2,21D. The maximum absolute atomic E-state index is 13.9. The summed E-state index contributed by atoms with van der Waals surface area (Å²) in [4.78, 5) is 33.2. The number of esters is 1. The molecule has 3 saturated heterocycles. The first-order valence-corrected chi connectivity index (χ1v) is 15.3. The van der Waals surface area contributed by atoms with Crippen molar-refractivity contribution in [1.82, 2.24) is 0 Å². The summed E-state index contributed by atoms with van der Waals surface area (Å²) in [6, 6.07) is 4.01.